The number of piperidine rings is 1. The zero-order valence-electron chi connectivity index (χ0n) is 32.0. The van der Waals surface area contributed by atoms with Crippen molar-refractivity contribution in [3.8, 4) is 11.5 Å². The molecular weight excluding hydrogens is 725 g/mol. The van der Waals surface area contributed by atoms with E-state index >= 15 is 0 Å². The summed E-state index contributed by atoms with van der Waals surface area (Å²) in [5.41, 5.74) is 4.32. The van der Waals surface area contributed by atoms with Gasteiger partial charge in [0.05, 0.1) is 22.9 Å². The fourth-order valence-electron chi connectivity index (χ4n) is 8.97. The maximum absolute atomic E-state index is 13.4. The fourth-order valence-corrected chi connectivity index (χ4v) is 8.97. The molecule has 4 aliphatic heterocycles. The van der Waals surface area contributed by atoms with Crippen molar-refractivity contribution in [2.75, 3.05) is 36.0 Å². The molecule has 4 fully saturated rings. The number of amides is 4. The number of Topliss-reactive ketones (excluding diaryl/α,β-unsaturated/α-hetero) is 1. The van der Waals surface area contributed by atoms with Crippen LogP contribution in [0.2, 0.25) is 0 Å². The van der Waals surface area contributed by atoms with Gasteiger partial charge in [0, 0.05) is 61.6 Å². The lowest BCUT2D eigenvalue weighted by Crippen LogP contribution is -2.63. The Morgan fingerprint density at radius 2 is 1.51 bits per heavy atom. The molecule has 292 valence electrons. The number of benzene rings is 3. The summed E-state index contributed by atoms with van der Waals surface area (Å²) in [6.45, 7) is 7.61. The normalized spacial score (nSPS) is 21.4. The van der Waals surface area contributed by atoms with Crippen LogP contribution in [-0.4, -0.2) is 82.6 Å². The first-order chi connectivity index (χ1) is 27.5. The second-order valence-electron chi connectivity index (χ2n) is 16.5. The number of fused-ring (bicyclic) bond motifs is 1. The van der Waals surface area contributed by atoms with Gasteiger partial charge in [-0.15, -0.1) is 0 Å². The van der Waals surface area contributed by atoms with Gasteiger partial charge in [0.2, 0.25) is 17.8 Å². The number of aromatic nitrogens is 2. The minimum atomic E-state index is -0.994. The number of nitrogens with one attached hydrogen (secondary N) is 1. The molecule has 3 saturated heterocycles. The monoisotopic (exact) mass is 768 g/mol. The van der Waals surface area contributed by atoms with E-state index in [0.717, 1.165) is 71.4 Å². The van der Waals surface area contributed by atoms with Crippen LogP contribution < -0.4 is 24.6 Å². The van der Waals surface area contributed by atoms with Gasteiger partial charge in [-0.1, -0.05) is 38.1 Å². The number of rotatable bonds is 11. The van der Waals surface area contributed by atoms with Crippen LogP contribution in [0.4, 0.5) is 11.6 Å². The molecule has 4 amide bonds. The summed E-state index contributed by atoms with van der Waals surface area (Å²) in [6, 6.07) is 22.5. The highest BCUT2D eigenvalue weighted by Gasteiger charge is 2.53. The number of carbonyl (C=O) groups is 5. The fraction of sp³-hybridized carbons (Fsp3) is 0.386. The molecular formula is C44H44N6O7. The standard InChI is InChI=1S/C44H44N6O7/c1-43(2,27-5-10-33(11-6-27)56-23-29-17-18-45-42(46-29)48-25-44(26-48)21-32(51)22-44)28-7-12-34(13-8-28)57-24-31-4-3-19-49(31)30-9-14-35-36(20-30)41(55)50(40(35)54)37-15-16-38(52)47-39(37)53/h5-14,17-18,20,31,37H,3-4,15-16,19,21-26H2,1-2H3,(H,47,52,53)/t31-,37?/m1/s1. The van der Waals surface area contributed by atoms with Crippen LogP contribution in [0.3, 0.4) is 0 Å². The lowest BCUT2D eigenvalue weighted by Gasteiger charge is -2.54. The van der Waals surface area contributed by atoms with Gasteiger partial charge in [0.25, 0.3) is 11.8 Å². The first-order valence-electron chi connectivity index (χ1n) is 19.6. The van der Waals surface area contributed by atoms with Crippen molar-refractivity contribution < 1.29 is 33.4 Å². The Kier molecular flexibility index (Phi) is 9.05. The molecule has 5 heterocycles. The van der Waals surface area contributed by atoms with Crippen LogP contribution in [0.1, 0.15) is 89.9 Å². The van der Waals surface area contributed by atoms with E-state index in [4.69, 9.17) is 14.5 Å². The lowest BCUT2D eigenvalue weighted by molar-refractivity contribution is -0.136. The Balaban J connectivity index is 0.788. The van der Waals surface area contributed by atoms with E-state index in [1.54, 1.807) is 18.3 Å². The highest BCUT2D eigenvalue weighted by atomic mass is 16.5. The van der Waals surface area contributed by atoms with E-state index in [2.05, 4.69) is 58.2 Å². The highest BCUT2D eigenvalue weighted by molar-refractivity contribution is 6.23. The van der Waals surface area contributed by atoms with Crippen molar-refractivity contribution in [1.82, 2.24) is 20.2 Å². The second kappa shape index (κ2) is 14.1. The van der Waals surface area contributed by atoms with Crippen LogP contribution >= 0.6 is 0 Å². The number of anilines is 2. The van der Waals surface area contributed by atoms with E-state index in [0.29, 0.717) is 37.8 Å². The van der Waals surface area contributed by atoms with Crippen molar-refractivity contribution in [3.63, 3.8) is 0 Å². The average Bonchev–Trinajstić information content (AvgIpc) is 3.76. The van der Waals surface area contributed by atoms with Crippen molar-refractivity contribution in [2.24, 2.45) is 5.41 Å². The minimum absolute atomic E-state index is 0.0720. The number of imide groups is 2. The number of nitrogens with zero attached hydrogens (tertiary/aromatic N) is 5. The van der Waals surface area contributed by atoms with E-state index < -0.39 is 29.7 Å². The van der Waals surface area contributed by atoms with Crippen LogP contribution in [0.25, 0.3) is 0 Å². The summed E-state index contributed by atoms with van der Waals surface area (Å²) in [7, 11) is 0. The molecule has 4 aromatic rings. The van der Waals surface area contributed by atoms with Gasteiger partial charge >= 0.3 is 0 Å². The summed E-state index contributed by atoms with van der Waals surface area (Å²) in [5.74, 6) is 0.511. The van der Waals surface area contributed by atoms with E-state index in [-0.39, 0.29) is 40.8 Å². The molecule has 13 nitrogen and oxygen atoms in total. The molecule has 5 aliphatic rings. The average molecular weight is 769 g/mol. The molecule has 3 aromatic carbocycles. The summed E-state index contributed by atoms with van der Waals surface area (Å²) in [6.07, 6.45) is 5.19. The van der Waals surface area contributed by atoms with Gasteiger partial charge in [0.1, 0.15) is 36.5 Å². The molecule has 1 spiro atoms. The van der Waals surface area contributed by atoms with Crippen molar-refractivity contribution in [1.29, 1.82) is 0 Å². The maximum atomic E-state index is 13.4. The van der Waals surface area contributed by atoms with Gasteiger partial charge in [-0.2, -0.15) is 0 Å². The molecule has 57 heavy (non-hydrogen) atoms. The van der Waals surface area contributed by atoms with Gasteiger partial charge in [-0.25, -0.2) is 9.97 Å². The second-order valence-corrected chi connectivity index (χ2v) is 16.5. The van der Waals surface area contributed by atoms with Crippen molar-refractivity contribution >= 4 is 41.0 Å². The van der Waals surface area contributed by atoms with Gasteiger partial charge < -0.3 is 19.3 Å². The molecule has 1 aromatic heterocycles. The topological polar surface area (TPSA) is 151 Å². The molecule has 2 atom stereocenters. The maximum Gasteiger partial charge on any atom is 0.262 e. The van der Waals surface area contributed by atoms with Crippen LogP contribution in [-0.2, 0) is 26.4 Å². The third kappa shape index (κ3) is 6.78. The SMILES string of the molecule is CC(C)(c1ccc(OCc2ccnc(N3CC4(CC(=O)C4)C3)n2)cc1)c1ccc(OC[C@H]2CCCN2c2ccc3c(c2)C(=O)N(C2CCC(=O)NC2=O)C3=O)cc1. The van der Waals surface area contributed by atoms with Gasteiger partial charge in [-0.3, -0.25) is 34.2 Å². The third-order valence-electron chi connectivity index (χ3n) is 12.3. The molecule has 0 radical (unpaired) electrons. The number of ether oxygens (including phenoxy) is 2. The summed E-state index contributed by atoms with van der Waals surface area (Å²) in [4.78, 5) is 76.7. The molecule has 9 rings (SSSR count). The zero-order chi connectivity index (χ0) is 39.5. The van der Waals surface area contributed by atoms with E-state index in [1.165, 1.54) is 0 Å². The number of ketones is 1. The third-order valence-corrected chi connectivity index (χ3v) is 12.3. The lowest BCUT2D eigenvalue weighted by atomic mass is 9.63. The Morgan fingerprint density at radius 3 is 2.19 bits per heavy atom. The largest absolute Gasteiger partial charge is 0.491 e. The number of hydrogen-bond donors (Lipinski definition) is 1. The van der Waals surface area contributed by atoms with E-state index in [9.17, 15) is 24.0 Å². The Bertz CT molecular complexity index is 2270. The van der Waals surface area contributed by atoms with Crippen molar-refractivity contribution in [2.45, 2.75) is 76.5 Å². The van der Waals surface area contributed by atoms with E-state index in [1.807, 2.05) is 36.4 Å². The predicted molar refractivity (Wildman–Crippen MR) is 209 cm³/mol. The molecule has 1 unspecified atom stereocenters. The predicted octanol–water partition coefficient (Wildman–Crippen LogP) is 5.00. The summed E-state index contributed by atoms with van der Waals surface area (Å²) < 4.78 is 12.4. The number of hydrogen-bond acceptors (Lipinski definition) is 11. The van der Waals surface area contributed by atoms with Gasteiger partial charge in [-0.05, 0) is 78.9 Å². The molecule has 1 aliphatic carbocycles. The highest BCUT2D eigenvalue weighted by Crippen LogP contribution is 2.46. The molecule has 1 saturated carbocycles. The summed E-state index contributed by atoms with van der Waals surface area (Å²) in [5, 5.41) is 2.24. The van der Waals surface area contributed by atoms with Crippen LogP contribution in [0.15, 0.2) is 79.0 Å². The first-order valence-corrected chi connectivity index (χ1v) is 19.6. The van der Waals surface area contributed by atoms with Crippen molar-refractivity contribution in [3.05, 3.63) is 107 Å². The van der Waals surface area contributed by atoms with Crippen LogP contribution in [0.5, 0.6) is 11.5 Å². The molecule has 13 heteroatoms. The Hall–Kier alpha value is -6.11. The summed E-state index contributed by atoms with van der Waals surface area (Å²) >= 11 is 0. The Morgan fingerprint density at radius 1 is 0.825 bits per heavy atom. The molecule has 1 N–H and O–H groups in total. The first kappa shape index (κ1) is 36.5. The zero-order valence-corrected chi connectivity index (χ0v) is 32.0. The minimum Gasteiger partial charge on any atom is -0.491 e. The quantitative estimate of drug-likeness (QED) is 0.205. The smallest absolute Gasteiger partial charge is 0.262 e. The Labute approximate surface area is 330 Å². The van der Waals surface area contributed by atoms with Crippen LogP contribution in [0, 0.1) is 5.41 Å². The number of carbonyl (C=O) groups excluding carboxylic acids is 5. The van der Waals surface area contributed by atoms with Gasteiger partial charge in [0.15, 0.2) is 0 Å². The molecule has 0 bridgehead atoms.